The van der Waals surface area contributed by atoms with Crippen molar-refractivity contribution in [3.8, 4) is 0 Å². The van der Waals surface area contributed by atoms with Gasteiger partial charge in [-0.15, -0.1) is 0 Å². The van der Waals surface area contributed by atoms with E-state index in [4.69, 9.17) is 13.6 Å². The summed E-state index contributed by atoms with van der Waals surface area (Å²) in [6.45, 7) is 1.82. The van der Waals surface area contributed by atoms with Gasteiger partial charge in [-0.2, -0.15) is 0 Å². The summed E-state index contributed by atoms with van der Waals surface area (Å²) in [6, 6.07) is 10.6. The van der Waals surface area contributed by atoms with E-state index in [2.05, 4.69) is 0 Å². The van der Waals surface area contributed by atoms with Gasteiger partial charge in [0.05, 0.1) is 12.7 Å². The van der Waals surface area contributed by atoms with E-state index in [1.807, 2.05) is 37.3 Å². The van der Waals surface area contributed by atoms with E-state index in [0.717, 1.165) is 22.2 Å². The van der Waals surface area contributed by atoms with E-state index >= 15 is 0 Å². The van der Waals surface area contributed by atoms with Crippen molar-refractivity contribution in [2.24, 2.45) is 0 Å². The Bertz CT molecular complexity index is 1150. The van der Waals surface area contributed by atoms with E-state index in [1.54, 1.807) is 0 Å². The second-order valence-electron chi connectivity index (χ2n) is 5.32. The van der Waals surface area contributed by atoms with Crippen LogP contribution < -0.4 is 5.63 Å². The SMILES string of the molecule is COC(=O)c1cc(=O)oc2c3oc(C)cc3c3ccccc3c12. The summed E-state index contributed by atoms with van der Waals surface area (Å²) in [5.74, 6) is 0.111. The lowest BCUT2D eigenvalue weighted by Crippen LogP contribution is -2.08. The van der Waals surface area contributed by atoms with Gasteiger partial charge in [-0.05, 0) is 23.8 Å². The second-order valence-corrected chi connectivity index (χ2v) is 5.32. The number of carbonyl (C=O) groups excluding carboxylic acids is 1. The molecule has 2 heterocycles. The highest BCUT2D eigenvalue weighted by molar-refractivity contribution is 6.26. The van der Waals surface area contributed by atoms with Crippen LogP contribution in [-0.2, 0) is 4.74 Å². The summed E-state index contributed by atoms with van der Waals surface area (Å²) in [6.07, 6.45) is 0. The standard InChI is InChI=1S/C18H12O5/c1-9-7-12-10-5-3-4-6-11(10)15-13(18(20)21-2)8-14(19)23-17(15)16(12)22-9/h3-8H,1-2H3. The van der Waals surface area contributed by atoms with Gasteiger partial charge in [-0.25, -0.2) is 9.59 Å². The van der Waals surface area contributed by atoms with E-state index < -0.39 is 11.6 Å². The molecule has 0 saturated carbocycles. The number of rotatable bonds is 1. The summed E-state index contributed by atoms with van der Waals surface area (Å²) < 4.78 is 15.9. The Morgan fingerprint density at radius 3 is 2.48 bits per heavy atom. The van der Waals surface area contributed by atoms with E-state index in [0.29, 0.717) is 16.7 Å². The highest BCUT2D eigenvalue weighted by Crippen LogP contribution is 2.37. The molecule has 2 aromatic carbocycles. The Morgan fingerprint density at radius 2 is 1.74 bits per heavy atom. The van der Waals surface area contributed by atoms with Gasteiger partial charge in [0.15, 0.2) is 11.2 Å². The average Bonchev–Trinajstić information content (AvgIpc) is 2.95. The minimum Gasteiger partial charge on any atom is -0.465 e. The smallest absolute Gasteiger partial charge is 0.338 e. The summed E-state index contributed by atoms with van der Waals surface area (Å²) >= 11 is 0. The van der Waals surface area contributed by atoms with Crippen LogP contribution in [0.4, 0.5) is 0 Å². The largest absolute Gasteiger partial charge is 0.465 e. The third kappa shape index (κ3) is 1.86. The van der Waals surface area contributed by atoms with Crippen LogP contribution in [0.5, 0.6) is 0 Å². The fourth-order valence-corrected chi connectivity index (χ4v) is 3.01. The minimum absolute atomic E-state index is 0.172. The third-order valence-electron chi connectivity index (χ3n) is 3.91. The van der Waals surface area contributed by atoms with Crippen LogP contribution in [0.1, 0.15) is 16.1 Å². The number of furan rings is 1. The molecule has 0 fully saturated rings. The molecular weight excluding hydrogens is 296 g/mol. The zero-order valence-electron chi connectivity index (χ0n) is 12.5. The predicted molar refractivity (Wildman–Crippen MR) is 85.8 cm³/mol. The van der Waals surface area contributed by atoms with E-state index in [-0.39, 0.29) is 11.1 Å². The Kier molecular flexibility index (Phi) is 2.78. The van der Waals surface area contributed by atoms with Crippen molar-refractivity contribution in [2.75, 3.05) is 7.11 Å². The molecule has 114 valence electrons. The van der Waals surface area contributed by atoms with Crippen molar-refractivity contribution >= 4 is 38.7 Å². The lowest BCUT2D eigenvalue weighted by atomic mass is 9.99. The molecule has 0 aliphatic heterocycles. The average molecular weight is 308 g/mol. The van der Waals surface area contributed by atoms with Gasteiger partial charge >= 0.3 is 11.6 Å². The van der Waals surface area contributed by atoms with Crippen molar-refractivity contribution < 1.29 is 18.4 Å². The molecule has 23 heavy (non-hydrogen) atoms. The molecule has 4 rings (SSSR count). The fraction of sp³-hybridized carbons (Fsp3) is 0.111. The van der Waals surface area contributed by atoms with Gasteiger partial charge in [0.25, 0.3) is 0 Å². The van der Waals surface area contributed by atoms with Gasteiger partial charge in [-0.1, -0.05) is 24.3 Å². The first-order chi connectivity index (χ1) is 11.1. The molecule has 0 bridgehead atoms. The van der Waals surface area contributed by atoms with Crippen molar-refractivity contribution in [3.05, 3.63) is 58.1 Å². The first-order valence-electron chi connectivity index (χ1n) is 7.07. The first kappa shape index (κ1) is 13.6. The van der Waals surface area contributed by atoms with Gasteiger partial charge < -0.3 is 13.6 Å². The molecule has 5 heteroatoms. The van der Waals surface area contributed by atoms with Crippen molar-refractivity contribution in [3.63, 3.8) is 0 Å². The van der Waals surface area contributed by atoms with Crippen LogP contribution in [0.15, 0.2) is 50.0 Å². The Hall–Kier alpha value is -3.08. The highest BCUT2D eigenvalue weighted by atomic mass is 16.5. The molecule has 0 saturated heterocycles. The maximum absolute atomic E-state index is 12.1. The van der Waals surface area contributed by atoms with Crippen molar-refractivity contribution in [2.45, 2.75) is 6.92 Å². The van der Waals surface area contributed by atoms with Crippen LogP contribution in [-0.4, -0.2) is 13.1 Å². The molecule has 2 aromatic heterocycles. The monoisotopic (exact) mass is 308 g/mol. The van der Waals surface area contributed by atoms with Crippen LogP contribution in [0.2, 0.25) is 0 Å². The fourth-order valence-electron chi connectivity index (χ4n) is 3.01. The van der Waals surface area contributed by atoms with Crippen molar-refractivity contribution in [1.82, 2.24) is 0 Å². The normalized spacial score (nSPS) is 11.4. The third-order valence-corrected chi connectivity index (χ3v) is 3.91. The summed E-state index contributed by atoms with van der Waals surface area (Å²) in [5, 5.41) is 3.09. The second kappa shape index (κ2) is 4.71. The van der Waals surface area contributed by atoms with E-state index in [9.17, 15) is 9.59 Å². The number of benzene rings is 2. The zero-order valence-corrected chi connectivity index (χ0v) is 12.5. The van der Waals surface area contributed by atoms with Gasteiger partial charge in [-0.3, -0.25) is 0 Å². The molecule has 0 aliphatic carbocycles. The lowest BCUT2D eigenvalue weighted by molar-refractivity contribution is 0.0602. The molecule has 0 N–H and O–H groups in total. The van der Waals surface area contributed by atoms with Gasteiger partial charge in [0.1, 0.15) is 5.76 Å². The predicted octanol–water partition coefficient (Wildman–Crippen LogP) is 3.79. The lowest BCUT2D eigenvalue weighted by Gasteiger charge is -2.08. The zero-order chi connectivity index (χ0) is 16.1. The van der Waals surface area contributed by atoms with Gasteiger partial charge in [0.2, 0.25) is 0 Å². The van der Waals surface area contributed by atoms with E-state index in [1.165, 1.54) is 7.11 Å². The summed E-state index contributed by atoms with van der Waals surface area (Å²) in [5.41, 5.74) is 0.271. The number of aryl methyl sites for hydroxylation is 1. The molecule has 0 radical (unpaired) electrons. The number of methoxy groups -OCH3 is 1. The number of ether oxygens (including phenoxy) is 1. The van der Waals surface area contributed by atoms with Crippen LogP contribution in [0, 0.1) is 6.92 Å². The number of esters is 1. The highest BCUT2D eigenvalue weighted by Gasteiger charge is 2.21. The quantitative estimate of drug-likeness (QED) is 0.304. The van der Waals surface area contributed by atoms with Crippen LogP contribution in [0.25, 0.3) is 32.7 Å². The Morgan fingerprint density at radius 1 is 1.00 bits per heavy atom. The molecule has 5 nitrogen and oxygen atoms in total. The number of hydrogen-bond acceptors (Lipinski definition) is 5. The summed E-state index contributed by atoms with van der Waals surface area (Å²) in [7, 11) is 1.28. The molecule has 0 spiro atoms. The molecule has 0 atom stereocenters. The van der Waals surface area contributed by atoms with Gasteiger partial charge in [0, 0.05) is 16.8 Å². The Balaban J connectivity index is 2.39. The molecule has 0 amide bonds. The minimum atomic E-state index is -0.622. The first-order valence-corrected chi connectivity index (χ1v) is 7.07. The number of hydrogen-bond donors (Lipinski definition) is 0. The van der Waals surface area contributed by atoms with Crippen LogP contribution in [0.3, 0.4) is 0 Å². The molecule has 4 aromatic rings. The molecule has 0 aliphatic rings. The molecule has 0 unspecified atom stereocenters. The van der Waals surface area contributed by atoms with Crippen molar-refractivity contribution in [1.29, 1.82) is 0 Å². The Labute approximate surface area is 130 Å². The molecular formula is C18H12O5. The summed E-state index contributed by atoms with van der Waals surface area (Å²) in [4.78, 5) is 24.0. The number of carbonyl (C=O) groups is 1. The van der Waals surface area contributed by atoms with Crippen LogP contribution >= 0.6 is 0 Å². The number of fused-ring (bicyclic) bond motifs is 6. The maximum Gasteiger partial charge on any atom is 0.338 e. The topological polar surface area (TPSA) is 69.7 Å². The maximum atomic E-state index is 12.1.